The summed E-state index contributed by atoms with van der Waals surface area (Å²) < 4.78 is 1.95. The number of aryl methyl sites for hydroxylation is 1. The van der Waals surface area contributed by atoms with Gasteiger partial charge in [0.2, 0.25) is 11.8 Å². The third kappa shape index (κ3) is 3.49. The molecule has 1 saturated heterocycles. The molecule has 2 rings (SSSR count). The Morgan fingerprint density at radius 1 is 1.18 bits per heavy atom. The summed E-state index contributed by atoms with van der Waals surface area (Å²) in [7, 11) is 1.96. The molecule has 5 heteroatoms. The molecule has 0 saturated carbocycles. The summed E-state index contributed by atoms with van der Waals surface area (Å²) in [6, 6.07) is 4.01. The molecular formula is C12H15IN2O2. The number of pyridine rings is 1. The Balaban J connectivity index is 0.00000144. The molecule has 0 spiro atoms. The van der Waals surface area contributed by atoms with Crippen molar-refractivity contribution in [2.45, 2.75) is 19.3 Å². The second kappa shape index (κ2) is 6.09. The Morgan fingerprint density at radius 2 is 1.71 bits per heavy atom. The lowest BCUT2D eigenvalue weighted by molar-refractivity contribution is -0.671. The van der Waals surface area contributed by atoms with Gasteiger partial charge in [-0.3, -0.25) is 14.5 Å². The Bertz CT molecular complexity index is 401. The molecular weight excluding hydrogens is 331 g/mol. The van der Waals surface area contributed by atoms with Crippen LogP contribution in [0.25, 0.3) is 0 Å². The molecule has 2 amide bonds. The lowest BCUT2D eigenvalue weighted by Crippen LogP contribution is -3.00. The fourth-order valence-corrected chi connectivity index (χ4v) is 1.81. The molecule has 1 fully saturated rings. The zero-order valence-corrected chi connectivity index (χ0v) is 11.9. The number of rotatable bonds is 3. The average Bonchev–Trinajstić information content (AvgIpc) is 2.59. The summed E-state index contributed by atoms with van der Waals surface area (Å²) >= 11 is 0. The van der Waals surface area contributed by atoms with Crippen LogP contribution in [0.2, 0.25) is 0 Å². The van der Waals surface area contributed by atoms with Gasteiger partial charge in [0.05, 0.1) is 0 Å². The number of aromatic nitrogens is 1. The quantitative estimate of drug-likeness (QED) is 0.337. The lowest BCUT2D eigenvalue weighted by Gasteiger charge is -2.12. The van der Waals surface area contributed by atoms with E-state index in [9.17, 15) is 9.59 Å². The molecule has 92 valence electrons. The van der Waals surface area contributed by atoms with Gasteiger partial charge >= 0.3 is 0 Å². The van der Waals surface area contributed by atoms with Crippen LogP contribution in [-0.2, 0) is 23.1 Å². The zero-order valence-electron chi connectivity index (χ0n) is 9.73. The predicted octanol–water partition coefficient (Wildman–Crippen LogP) is -2.79. The molecule has 0 bridgehead atoms. The van der Waals surface area contributed by atoms with Crippen LogP contribution in [0.1, 0.15) is 18.4 Å². The van der Waals surface area contributed by atoms with Gasteiger partial charge in [-0.1, -0.05) is 0 Å². The fraction of sp³-hybridized carbons (Fsp3) is 0.417. The van der Waals surface area contributed by atoms with Crippen molar-refractivity contribution in [3.63, 3.8) is 0 Å². The molecule has 1 aromatic rings. The minimum Gasteiger partial charge on any atom is -1.00 e. The number of imide groups is 1. The van der Waals surface area contributed by atoms with Crippen molar-refractivity contribution in [2.24, 2.45) is 7.05 Å². The number of likely N-dealkylation sites (tertiary alicyclic amines) is 1. The van der Waals surface area contributed by atoms with Crippen molar-refractivity contribution in [1.29, 1.82) is 0 Å². The minimum absolute atomic E-state index is 0. The minimum atomic E-state index is -0.0357. The first-order chi connectivity index (χ1) is 7.66. The van der Waals surface area contributed by atoms with Crippen LogP contribution in [0.5, 0.6) is 0 Å². The Hall–Kier alpha value is -0.980. The number of amides is 2. The van der Waals surface area contributed by atoms with Gasteiger partial charge in [0.1, 0.15) is 7.05 Å². The normalized spacial score (nSPS) is 15.0. The van der Waals surface area contributed by atoms with Gasteiger partial charge in [-0.2, -0.15) is 0 Å². The summed E-state index contributed by atoms with van der Waals surface area (Å²) in [4.78, 5) is 24.1. The molecule has 2 heterocycles. The summed E-state index contributed by atoms with van der Waals surface area (Å²) in [5, 5.41) is 0. The molecule has 0 radical (unpaired) electrons. The molecule has 17 heavy (non-hydrogen) atoms. The van der Waals surface area contributed by atoms with Gasteiger partial charge in [0.25, 0.3) is 0 Å². The van der Waals surface area contributed by atoms with Crippen molar-refractivity contribution in [1.82, 2.24) is 4.90 Å². The van der Waals surface area contributed by atoms with E-state index in [0.717, 1.165) is 12.0 Å². The van der Waals surface area contributed by atoms with Crippen LogP contribution < -0.4 is 28.5 Å². The van der Waals surface area contributed by atoms with E-state index in [1.807, 2.05) is 36.1 Å². The van der Waals surface area contributed by atoms with Crippen molar-refractivity contribution >= 4 is 11.8 Å². The highest BCUT2D eigenvalue weighted by Gasteiger charge is 2.28. The molecule has 1 aliphatic rings. The highest BCUT2D eigenvalue weighted by molar-refractivity contribution is 6.01. The SMILES string of the molecule is C[n+]1ccc(CCN2C(=O)CCC2=O)cc1.[I-]. The summed E-state index contributed by atoms with van der Waals surface area (Å²) in [6.07, 6.45) is 5.41. The summed E-state index contributed by atoms with van der Waals surface area (Å²) in [5.41, 5.74) is 1.14. The van der Waals surface area contributed by atoms with E-state index >= 15 is 0 Å². The zero-order chi connectivity index (χ0) is 11.5. The van der Waals surface area contributed by atoms with Crippen molar-refractivity contribution in [3.05, 3.63) is 30.1 Å². The lowest BCUT2D eigenvalue weighted by atomic mass is 10.2. The Kier molecular flexibility index (Phi) is 5.04. The van der Waals surface area contributed by atoms with Gasteiger partial charge < -0.3 is 24.0 Å². The summed E-state index contributed by atoms with van der Waals surface area (Å²) in [6.45, 7) is 0.505. The number of halogens is 1. The number of hydrogen-bond donors (Lipinski definition) is 0. The second-order valence-corrected chi connectivity index (χ2v) is 4.06. The molecule has 1 aromatic heterocycles. The third-order valence-corrected chi connectivity index (χ3v) is 2.83. The third-order valence-electron chi connectivity index (χ3n) is 2.83. The van der Waals surface area contributed by atoms with E-state index in [4.69, 9.17) is 0 Å². The highest BCUT2D eigenvalue weighted by atomic mass is 127. The standard InChI is InChI=1S/C12H15N2O2.HI/c1-13-7-4-10(5-8-13)6-9-14-11(15)2-3-12(14)16;/h4-5,7-8H,2-3,6,9H2,1H3;1H/q+1;/p-1. The van der Waals surface area contributed by atoms with Gasteiger partial charge in [-0.15, -0.1) is 0 Å². The number of carbonyl (C=O) groups excluding carboxylic acids is 2. The van der Waals surface area contributed by atoms with E-state index in [1.54, 1.807) is 0 Å². The highest BCUT2D eigenvalue weighted by Crippen LogP contribution is 2.12. The first-order valence-corrected chi connectivity index (χ1v) is 5.44. The number of carbonyl (C=O) groups is 2. The van der Waals surface area contributed by atoms with E-state index in [2.05, 4.69) is 0 Å². The van der Waals surface area contributed by atoms with Gasteiger partial charge in [-0.25, -0.2) is 4.57 Å². The van der Waals surface area contributed by atoms with Crippen molar-refractivity contribution < 1.29 is 38.1 Å². The van der Waals surface area contributed by atoms with Crippen LogP contribution in [0, 0.1) is 0 Å². The van der Waals surface area contributed by atoms with Crippen LogP contribution in [0.3, 0.4) is 0 Å². The van der Waals surface area contributed by atoms with Crippen LogP contribution >= 0.6 is 0 Å². The average molecular weight is 346 g/mol. The van der Waals surface area contributed by atoms with Crippen LogP contribution in [-0.4, -0.2) is 23.3 Å². The number of hydrogen-bond acceptors (Lipinski definition) is 2. The Labute approximate surface area is 118 Å². The first-order valence-electron chi connectivity index (χ1n) is 5.44. The summed E-state index contributed by atoms with van der Waals surface area (Å²) in [5.74, 6) is -0.0713. The maximum Gasteiger partial charge on any atom is 0.229 e. The second-order valence-electron chi connectivity index (χ2n) is 4.06. The largest absolute Gasteiger partial charge is 1.00 e. The van der Waals surface area contributed by atoms with E-state index in [0.29, 0.717) is 19.4 Å². The Morgan fingerprint density at radius 3 is 2.24 bits per heavy atom. The molecule has 0 unspecified atom stereocenters. The predicted molar refractivity (Wildman–Crippen MR) is 57.3 cm³/mol. The monoisotopic (exact) mass is 346 g/mol. The molecule has 0 atom stereocenters. The van der Waals surface area contributed by atoms with Crippen LogP contribution in [0.15, 0.2) is 24.5 Å². The van der Waals surface area contributed by atoms with Crippen LogP contribution in [0.4, 0.5) is 0 Å². The van der Waals surface area contributed by atoms with E-state index < -0.39 is 0 Å². The molecule has 4 nitrogen and oxygen atoms in total. The molecule has 0 aromatic carbocycles. The van der Waals surface area contributed by atoms with Gasteiger partial charge in [-0.05, 0) is 12.0 Å². The van der Waals surface area contributed by atoms with Crippen molar-refractivity contribution in [2.75, 3.05) is 6.54 Å². The smallest absolute Gasteiger partial charge is 0.229 e. The van der Waals surface area contributed by atoms with Gasteiger partial charge in [0.15, 0.2) is 12.4 Å². The number of nitrogens with zero attached hydrogens (tertiary/aromatic N) is 2. The molecule has 0 aliphatic carbocycles. The molecule has 1 aliphatic heterocycles. The van der Waals surface area contributed by atoms with E-state index in [1.165, 1.54) is 4.90 Å². The van der Waals surface area contributed by atoms with E-state index in [-0.39, 0.29) is 35.8 Å². The molecule has 0 N–H and O–H groups in total. The first kappa shape index (κ1) is 14.1. The maximum atomic E-state index is 11.4. The van der Waals surface area contributed by atoms with Crippen molar-refractivity contribution in [3.8, 4) is 0 Å². The van der Waals surface area contributed by atoms with Gasteiger partial charge in [0, 0.05) is 31.5 Å². The maximum absolute atomic E-state index is 11.4. The topological polar surface area (TPSA) is 41.3 Å². The fourth-order valence-electron chi connectivity index (χ4n) is 1.81.